The summed E-state index contributed by atoms with van der Waals surface area (Å²) in [6.45, 7) is 4.25. The zero-order valence-corrected chi connectivity index (χ0v) is 14.4. The van der Waals surface area contributed by atoms with Crippen molar-refractivity contribution >= 4 is 5.69 Å². The molecule has 0 aliphatic rings. The third-order valence-corrected chi connectivity index (χ3v) is 4.39. The molecule has 0 radical (unpaired) electrons. The van der Waals surface area contributed by atoms with E-state index in [2.05, 4.69) is 96.8 Å². The molecule has 0 saturated carbocycles. The van der Waals surface area contributed by atoms with Crippen LogP contribution < -0.4 is 4.90 Å². The molecule has 0 fully saturated rings. The summed E-state index contributed by atoms with van der Waals surface area (Å²) in [7, 11) is 0. The Balaban J connectivity index is 1.70. The van der Waals surface area contributed by atoms with Crippen LogP contribution in [0.25, 0.3) is 0 Å². The van der Waals surface area contributed by atoms with Crippen LogP contribution in [0.3, 0.4) is 0 Å². The maximum Gasteiger partial charge on any atom is 0.0369 e. The first kappa shape index (κ1) is 16.3. The fraction of sp³-hybridized carbons (Fsp3) is 0.217. The van der Waals surface area contributed by atoms with Gasteiger partial charge in [0.15, 0.2) is 0 Å². The second kappa shape index (κ2) is 8.35. The molecule has 0 atom stereocenters. The summed E-state index contributed by atoms with van der Waals surface area (Å²) in [6.07, 6.45) is 2.15. The molecule has 0 aromatic heterocycles. The van der Waals surface area contributed by atoms with Crippen molar-refractivity contribution in [3.8, 4) is 0 Å². The van der Waals surface area contributed by atoms with Crippen LogP contribution in [0.2, 0.25) is 0 Å². The van der Waals surface area contributed by atoms with Crippen molar-refractivity contribution < 1.29 is 0 Å². The van der Waals surface area contributed by atoms with Gasteiger partial charge in [-0.1, -0.05) is 72.8 Å². The Morgan fingerprint density at radius 2 is 1.17 bits per heavy atom. The lowest BCUT2D eigenvalue weighted by Gasteiger charge is -2.25. The smallest absolute Gasteiger partial charge is 0.0369 e. The van der Waals surface area contributed by atoms with Gasteiger partial charge in [-0.25, -0.2) is 0 Å². The van der Waals surface area contributed by atoms with Crippen LogP contribution in [0.15, 0.2) is 84.9 Å². The van der Waals surface area contributed by atoms with E-state index < -0.39 is 0 Å². The molecule has 0 spiro atoms. The highest BCUT2D eigenvalue weighted by molar-refractivity contribution is 5.48. The van der Waals surface area contributed by atoms with Crippen molar-refractivity contribution in [2.75, 3.05) is 18.0 Å². The molecule has 122 valence electrons. The number of hydrogen-bond acceptors (Lipinski definition) is 1. The molecule has 0 N–H and O–H groups in total. The summed E-state index contributed by atoms with van der Waals surface area (Å²) in [6, 6.07) is 30.3. The van der Waals surface area contributed by atoms with Gasteiger partial charge in [-0.3, -0.25) is 0 Å². The zero-order valence-electron chi connectivity index (χ0n) is 14.4. The first-order valence-corrected chi connectivity index (χ1v) is 8.71. The lowest BCUT2D eigenvalue weighted by molar-refractivity contribution is 0.768. The van der Waals surface area contributed by atoms with Crippen LogP contribution in [0.5, 0.6) is 0 Å². The lowest BCUT2D eigenvalue weighted by atomic mass is 10.1. The topological polar surface area (TPSA) is 3.24 Å². The van der Waals surface area contributed by atoms with Crippen LogP contribution in [0.4, 0.5) is 5.69 Å². The Hall–Kier alpha value is -2.54. The Morgan fingerprint density at radius 1 is 0.625 bits per heavy atom. The SMILES string of the molecule is Cc1cccc(N(CCc2ccccc2)CCc2ccccc2)c1. The monoisotopic (exact) mass is 315 g/mol. The van der Waals surface area contributed by atoms with Gasteiger partial charge in [-0.05, 0) is 48.6 Å². The van der Waals surface area contributed by atoms with Gasteiger partial charge >= 0.3 is 0 Å². The third-order valence-electron chi connectivity index (χ3n) is 4.39. The van der Waals surface area contributed by atoms with Gasteiger partial charge in [0.25, 0.3) is 0 Å². The Bertz CT molecular complexity index is 691. The summed E-state index contributed by atoms with van der Waals surface area (Å²) in [5.41, 5.74) is 5.43. The van der Waals surface area contributed by atoms with Crippen LogP contribution in [0.1, 0.15) is 16.7 Å². The zero-order chi connectivity index (χ0) is 16.6. The fourth-order valence-corrected chi connectivity index (χ4v) is 3.01. The molecule has 3 aromatic rings. The maximum atomic E-state index is 2.51. The molecule has 3 aromatic carbocycles. The molecule has 0 aliphatic heterocycles. The molecule has 0 aliphatic carbocycles. The van der Waals surface area contributed by atoms with Gasteiger partial charge in [0, 0.05) is 18.8 Å². The van der Waals surface area contributed by atoms with Gasteiger partial charge in [0.05, 0.1) is 0 Å². The third kappa shape index (κ3) is 4.73. The minimum atomic E-state index is 1.04. The van der Waals surface area contributed by atoms with Gasteiger partial charge in [-0.2, -0.15) is 0 Å². The number of nitrogens with zero attached hydrogens (tertiary/aromatic N) is 1. The second-order valence-electron chi connectivity index (χ2n) is 6.30. The van der Waals surface area contributed by atoms with E-state index in [1.165, 1.54) is 22.4 Å². The molecule has 0 saturated heterocycles. The van der Waals surface area contributed by atoms with Crippen molar-refractivity contribution in [2.45, 2.75) is 19.8 Å². The molecule has 1 nitrogen and oxygen atoms in total. The van der Waals surface area contributed by atoms with E-state index in [-0.39, 0.29) is 0 Å². The molecule has 1 heteroatoms. The number of aryl methyl sites for hydroxylation is 1. The molecular formula is C23H25N. The van der Waals surface area contributed by atoms with E-state index in [4.69, 9.17) is 0 Å². The van der Waals surface area contributed by atoms with E-state index >= 15 is 0 Å². The minimum absolute atomic E-state index is 1.04. The predicted octanol–water partition coefficient (Wildman–Crippen LogP) is 5.29. The second-order valence-corrected chi connectivity index (χ2v) is 6.30. The molecule has 0 amide bonds. The molecule has 3 rings (SSSR count). The normalized spacial score (nSPS) is 10.5. The Kier molecular flexibility index (Phi) is 5.68. The number of anilines is 1. The van der Waals surface area contributed by atoms with E-state index in [0.29, 0.717) is 0 Å². The summed E-state index contributed by atoms with van der Waals surface area (Å²) < 4.78 is 0. The summed E-state index contributed by atoms with van der Waals surface area (Å²) in [5, 5.41) is 0. The number of hydrogen-bond donors (Lipinski definition) is 0. The Morgan fingerprint density at radius 3 is 1.67 bits per heavy atom. The van der Waals surface area contributed by atoms with Crippen LogP contribution in [0, 0.1) is 6.92 Å². The first-order valence-electron chi connectivity index (χ1n) is 8.71. The van der Waals surface area contributed by atoms with Crippen LogP contribution >= 0.6 is 0 Å². The van der Waals surface area contributed by atoms with Crippen molar-refractivity contribution in [3.63, 3.8) is 0 Å². The van der Waals surface area contributed by atoms with Crippen molar-refractivity contribution in [2.24, 2.45) is 0 Å². The number of rotatable bonds is 7. The average Bonchev–Trinajstić information content (AvgIpc) is 2.63. The molecule has 0 bridgehead atoms. The molecule has 0 heterocycles. The first-order chi connectivity index (χ1) is 11.8. The Labute approximate surface area is 145 Å². The van der Waals surface area contributed by atoms with Gasteiger partial charge in [0.2, 0.25) is 0 Å². The van der Waals surface area contributed by atoms with Crippen LogP contribution in [-0.4, -0.2) is 13.1 Å². The number of benzene rings is 3. The molecule has 0 unspecified atom stereocenters. The summed E-state index contributed by atoms with van der Waals surface area (Å²) >= 11 is 0. The van der Waals surface area contributed by atoms with E-state index in [1.807, 2.05) is 0 Å². The molecular weight excluding hydrogens is 290 g/mol. The maximum absolute atomic E-state index is 2.51. The quantitative estimate of drug-likeness (QED) is 0.573. The van der Waals surface area contributed by atoms with Crippen LogP contribution in [-0.2, 0) is 12.8 Å². The van der Waals surface area contributed by atoms with Crippen molar-refractivity contribution in [3.05, 3.63) is 102 Å². The summed E-state index contributed by atoms with van der Waals surface area (Å²) in [4.78, 5) is 2.51. The van der Waals surface area contributed by atoms with Gasteiger partial charge in [0.1, 0.15) is 0 Å². The van der Waals surface area contributed by atoms with E-state index in [0.717, 1.165) is 25.9 Å². The average molecular weight is 315 g/mol. The van der Waals surface area contributed by atoms with Gasteiger partial charge < -0.3 is 4.90 Å². The highest BCUT2D eigenvalue weighted by atomic mass is 15.1. The van der Waals surface area contributed by atoms with Crippen molar-refractivity contribution in [1.82, 2.24) is 0 Å². The van der Waals surface area contributed by atoms with Gasteiger partial charge in [-0.15, -0.1) is 0 Å². The summed E-state index contributed by atoms with van der Waals surface area (Å²) in [5.74, 6) is 0. The largest absolute Gasteiger partial charge is 0.371 e. The lowest BCUT2D eigenvalue weighted by Crippen LogP contribution is -2.28. The van der Waals surface area contributed by atoms with Crippen molar-refractivity contribution in [1.29, 1.82) is 0 Å². The molecule has 24 heavy (non-hydrogen) atoms. The van der Waals surface area contributed by atoms with E-state index in [9.17, 15) is 0 Å². The van der Waals surface area contributed by atoms with E-state index in [1.54, 1.807) is 0 Å². The minimum Gasteiger partial charge on any atom is -0.371 e. The highest BCUT2D eigenvalue weighted by Gasteiger charge is 2.07. The predicted molar refractivity (Wildman–Crippen MR) is 104 cm³/mol. The highest BCUT2D eigenvalue weighted by Crippen LogP contribution is 2.17. The fourth-order valence-electron chi connectivity index (χ4n) is 3.01. The standard InChI is InChI=1S/C23H25N/c1-20-9-8-14-23(19-20)24(17-15-21-10-4-2-5-11-21)18-16-22-12-6-3-7-13-22/h2-14,19H,15-18H2,1H3.